The summed E-state index contributed by atoms with van der Waals surface area (Å²) in [5.74, 6) is 0.954. The molecule has 0 spiro atoms. The third-order valence-corrected chi connectivity index (χ3v) is 4.07. The predicted molar refractivity (Wildman–Crippen MR) is 86.0 cm³/mol. The Morgan fingerprint density at radius 2 is 2.18 bits per heavy atom. The summed E-state index contributed by atoms with van der Waals surface area (Å²) < 4.78 is 7.60. The molecule has 2 aromatic heterocycles. The zero-order valence-corrected chi connectivity index (χ0v) is 13.6. The van der Waals surface area contributed by atoms with E-state index < -0.39 is 0 Å². The number of nitrogens with zero attached hydrogens (tertiary/aromatic N) is 6. The average Bonchev–Trinajstić information content (AvgIpc) is 3.13. The van der Waals surface area contributed by atoms with Gasteiger partial charge in [0.2, 0.25) is 0 Å². The Balaban J connectivity index is 1.88. The van der Waals surface area contributed by atoms with Crippen molar-refractivity contribution in [1.82, 2.24) is 24.6 Å². The highest BCUT2D eigenvalue weighted by atomic mass is 16.5. The number of aryl methyl sites for hydroxylation is 1. The number of fused-ring (bicyclic) bond motifs is 1. The van der Waals surface area contributed by atoms with E-state index in [9.17, 15) is 0 Å². The second kappa shape index (κ2) is 6.58. The zero-order valence-electron chi connectivity index (χ0n) is 13.6. The minimum atomic E-state index is 0.295. The van der Waals surface area contributed by atoms with E-state index in [1.165, 1.54) is 0 Å². The molecule has 7 nitrogen and oxygen atoms in total. The lowest BCUT2D eigenvalue weighted by atomic mass is 10.2. The molecule has 0 N–H and O–H groups in total. The SMILES string of the molecule is CN(C)CCN(C[C@@H]1CCCO1)c1ncnc2c1cnn2C. The van der Waals surface area contributed by atoms with Crippen LogP contribution in [-0.2, 0) is 11.8 Å². The fourth-order valence-electron chi connectivity index (χ4n) is 2.84. The van der Waals surface area contributed by atoms with E-state index in [2.05, 4.69) is 39.0 Å². The van der Waals surface area contributed by atoms with Crippen LogP contribution in [0.2, 0.25) is 0 Å². The summed E-state index contributed by atoms with van der Waals surface area (Å²) in [5.41, 5.74) is 0.868. The van der Waals surface area contributed by atoms with Crippen LogP contribution in [0, 0.1) is 0 Å². The molecule has 3 heterocycles. The van der Waals surface area contributed by atoms with Crippen molar-refractivity contribution in [3.05, 3.63) is 12.5 Å². The lowest BCUT2D eigenvalue weighted by molar-refractivity contribution is 0.115. The monoisotopic (exact) mass is 304 g/mol. The lowest BCUT2D eigenvalue weighted by Gasteiger charge is -2.28. The van der Waals surface area contributed by atoms with Gasteiger partial charge < -0.3 is 14.5 Å². The van der Waals surface area contributed by atoms with Gasteiger partial charge in [0.25, 0.3) is 0 Å². The molecule has 0 aliphatic carbocycles. The quantitative estimate of drug-likeness (QED) is 0.790. The molecule has 0 radical (unpaired) electrons. The van der Waals surface area contributed by atoms with Crippen molar-refractivity contribution in [2.75, 3.05) is 45.2 Å². The van der Waals surface area contributed by atoms with Gasteiger partial charge in [0, 0.05) is 33.3 Å². The first-order chi connectivity index (χ1) is 10.6. The Morgan fingerprint density at radius 1 is 1.32 bits per heavy atom. The van der Waals surface area contributed by atoms with E-state index in [0.29, 0.717) is 6.10 Å². The summed E-state index contributed by atoms with van der Waals surface area (Å²) in [6.45, 7) is 3.62. The highest BCUT2D eigenvalue weighted by Gasteiger charge is 2.22. The van der Waals surface area contributed by atoms with E-state index in [-0.39, 0.29) is 0 Å². The predicted octanol–water partition coefficient (Wildman–Crippen LogP) is 0.910. The summed E-state index contributed by atoms with van der Waals surface area (Å²) in [4.78, 5) is 13.4. The third-order valence-electron chi connectivity index (χ3n) is 4.07. The molecule has 2 aromatic rings. The van der Waals surface area contributed by atoms with Crippen molar-refractivity contribution in [2.45, 2.75) is 18.9 Å². The normalized spacial score (nSPS) is 18.5. The molecular formula is C15H24N6O. The molecule has 1 atom stereocenters. The van der Waals surface area contributed by atoms with Gasteiger partial charge in [0.05, 0.1) is 17.7 Å². The van der Waals surface area contributed by atoms with Crippen molar-refractivity contribution >= 4 is 16.9 Å². The molecule has 0 saturated carbocycles. The van der Waals surface area contributed by atoms with Gasteiger partial charge in [-0.25, -0.2) is 9.97 Å². The number of hydrogen-bond donors (Lipinski definition) is 0. The summed E-state index contributed by atoms with van der Waals surface area (Å²) >= 11 is 0. The molecule has 1 fully saturated rings. The van der Waals surface area contributed by atoms with Crippen molar-refractivity contribution in [3.63, 3.8) is 0 Å². The first-order valence-corrected chi connectivity index (χ1v) is 7.79. The number of aromatic nitrogens is 4. The van der Waals surface area contributed by atoms with Crippen LogP contribution in [0.25, 0.3) is 11.0 Å². The second-order valence-electron chi connectivity index (χ2n) is 6.09. The van der Waals surface area contributed by atoms with Crippen molar-refractivity contribution in [2.24, 2.45) is 7.05 Å². The Labute approximate surface area is 130 Å². The molecule has 22 heavy (non-hydrogen) atoms. The van der Waals surface area contributed by atoms with Crippen LogP contribution in [-0.4, -0.2) is 71.1 Å². The topological polar surface area (TPSA) is 59.3 Å². The van der Waals surface area contributed by atoms with Crippen LogP contribution in [0.5, 0.6) is 0 Å². The average molecular weight is 304 g/mol. The maximum atomic E-state index is 5.81. The highest BCUT2D eigenvalue weighted by molar-refractivity contribution is 5.86. The largest absolute Gasteiger partial charge is 0.376 e. The van der Waals surface area contributed by atoms with E-state index in [1.807, 2.05) is 13.2 Å². The van der Waals surface area contributed by atoms with Gasteiger partial charge in [-0.05, 0) is 26.9 Å². The minimum absolute atomic E-state index is 0.295. The molecule has 0 aromatic carbocycles. The smallest absolute Gasteiger partial charge is 0.163 e. The Morgan fingerprint density at radius 3 is 2.91 bits per heavy atom. The van der Waals surface area contributed by atoms with E-state index in [4.69, 9.17) is 4.74 Å². The Hall–Kier alpha value is -1.73. The molecule has 0 bridgehead atoms. The molecule has 3 rings (SSSR count). The van der Waals surface area contributed by atoms with Crippen LogP contribution in [0.15, 0.2) is 12.5 Å². The Kier molecular flexibility index (Phi) is 4.54. The molecule has 1 aliphatic rings. The van der Waals surface area contributed by atoms with E-state index in [0.717, 1.165) is 55.9 Å². The fraction of sp³-hybridized carbons (Fsp3) is 0.667. The van der Waals surface area contributed by atoms with E-state index in [1.54, 1.807) is 11.0 Å². The minimum Gasteiger partial charge on any atom is -0.376 e. The van der Waals surface area contributed by atoms with Crippen LogP contribution in [0.1, 0.15) is 12.8 Å². The number of hydrogen-bond acceptors (Lipinski definition) is 6. The second-order valence-corrected chi connectivity index (χ2v) is 6.09. The summed E-state index contributed by atoms with van der Waals surface area (Å²) in [7, 11) is 6.08. The van der Waals surface area contributed by atoms with Gasteiger partial charge in [-0.1, -0.05) is 0 Å². The lowest BCUT2D eigenvalue weighted by Crippen LogP contribution is -2.37. The van der Waals surface area contributed by atoms with Crippen LogP contribution in [0.3, 0.4) is 0 Å². The molecule has 1 saturated heterocycles. The summed E-state index contributed by atoms with van der Waals surface area (Å²) in [6, 6.07) is 0. The number of likely N-dealkylation sites (N-methyl/N-ethyl adjacent to an activating group) is 1. The number of rotatable bonds is 6. The maximum Gasteiger partial charge on any atom is 0.163 e. The molecule has 120 valence electrons. The van der Waals surface area contributed by atoms with Gasteiger partial charge in [-0.3, -0.25) is 4.68 Å². The zero-order chi connectivity index (χ0) is 15.5. The van der Waals surface area contributed by atoms with Crippen molar-refractivity contribution in [1.29, 1.82) is 0 Å². The van der Waals surface area contributed by atoms with Crippen LogP contribution < -0.4 is 4.90 Å². The maximum absolute atomic E-state index is 5.81. The van der Waals surface area contributed by atoms with Crippen molar-refractivity contribution < 1.29 is 4.74 Å². The molecule has 1 aliphatic heterocycles. The van der Waals surface area contributed by atoms with Crippen molar-refractivity contribution in [3.8, 4) is 0 Å². The molecule has 0 unspecified atom stereocenters. The van der Waals surface area contributed by atoms with Gasteiger partial charge in [-0.2, -0.15) is 5.10 Å². The van der Waals surface area contributed by atoms with Gasteiger partial charge >= 0.3 is 0 Å². The first kappa shape index (κ1) is 15.2. The van der Waals surface area contributed by atoms with Crippen LogP contribution in [0.4, 0.5) is 5.82 Å². The van der Waals surface area contributed by atoms with E-state index >= 15 is 0 Å². The van der Waals surface area contributed by atoms with Gasteiger partial charge in [0.15, 0.2) is 5.65 Å². The van der Waals surface area contributed by atoms with Gasteiger partial charge in [-0.15, -0.1) is 0 Å². The summed E-state index contributed by atoms with van der Waals surface area (Å²) in [6.07, 6.45) is 6.04. The third kappa shape index (κ3) is 3.20. The molecule has 0 amide bonds. The Bertz CT molecular complexity index is 620. The number of ether oxygens (including phenoxy) is 1. The highest BCUT2D eigenvalue weighted by Crippen LogP contribution is 2.24. The molecular weight excluding hydrogens is 280 g/mol. The standard InChI is InChI=1S/C15H24N6O/c1-19(2)6-7-21(10-12-5-4-8-22-12)15-13-9-18-20(3)14(13)16-11-17-15/h9,11-12H,4-8,10H2,1-3H3/t12-/m0/s1. The summed E-state index contributed by atoms with van der Waals surface area (Å²) in [5, 5.41) is 5.31. The molecule has 7 heteroatoms. The fourth-order valence-corrected chi connectivity index (χ4v) is 2.84. The first-order valence-electron chi connectivity index (χ1n) is 7.79. The van der Waals surface area contributed by atoms with Gasteiger partial charge in [0.1, 0.15) is 12.1 Å². The van der Waals surface area contributed by atoms with Crippen LogP contribution >= 0.6 is 0 Å². The number of anilines is 1.